The zero-order chi connectivity index (χ0) is 16.1. The molecule has 5 aliphatic rings. The Hall–Kier alpha value is -1.38. The normalized spacial score (nSPS) is 40.2. The minimum atomic E-state index is 0.264. The number of carbonyl (C=O) groups excluding carboxylic acids is 1. The lowest BCUT2D eigenvalue weighted by molar-refractivity contribution is -0.140. The van der Waals surface area contributed by atoms with Crippen LogP contribution in [-0.4, -0.2) is 22.3 Å². The molecule has 3 heteroatoms. The largest absolute Gasteiger partial charge is 0.336 e. The van der Waals surface area contributed by atoms with Gasteiger partial charge in [-0.15, -0.1) is 0 Å². The van der Waals surface area contributed by atoms with Crippen LogP contribution in [0.4, 0.5) is 0 Å². The highest BCUT2D eigenvalue weighted by Gasteiger charge is 2.52. The van der Waals surface area contributed by atoms with E-state index in [0.717, 1.165) is 43.6 Å². The van der Waals surface area contributed by atoms with E-state index < -0.39 is 0 Å². The molecule has 0 N–H and O–H groups in total. The molecule has 1 atom stereocenters. The maximum Gasteiger partial charge on any atom is 0.223 e. The fourth-order valence-electron chi connectivity index (χ4n) is 6.91. The quantitative estimate of drug-likeness (QED) is 0.828. The van der Waals surface area contributed by atoms with Crippen LogP contribution in [0.3, 0.4) is 0 Å². The van der Waals surface area contributed by atoms with Crippen molar-refractivity contribution in [2.75, 3.05) is 6.54 Å². The number of rotatable bonds is 3. The second kappa shape index (κ2) is 5.57. The van der Waals surface area contributed by atoms with Gasteiger partial charge in [0.05, 0.1) is 6.04 Å². The maximum absolute atomic E-state index is 13.2. The van der Waals surface area contributed by atoms with Crippen LogP contribution in [0.2, 0.25) is 0 Å². The monoisotopic (exact) mass is 324 g/mol. The molecule has 0 radical (unpaired) electrons. The molecule has 1 aromatic heterocycles. The van der Waals surface area contributed by atoms with Crippen molar-refractivity contribution in [3.63, 3.8) is 0 Å². The van der Waals surface area contributed by atoms with Gasteiger partial charge in [0.15, 0.2) is 0 Å². The van der Waals surface area contributed by atoms with Crippen LogP contribution in [0.25, 0.3) is 0 Å². The van der Waals surface area contributed by atoms with Gasteiger partial charge in [-0.25, -0.2) is 0 Å². The van der Waals surface area contributed by atoms with Crippen LogP contribution in [0.15, 0.2) is 24.5 Å². The maximum atomic E-state index is 13.2. The van der Waals surface area contributed by atoms with Crippen LogP contribution < -0.4 is 0 Å². The Kier molecular flexibility index (Phi) is 3.46. The van der Waals surface area contributed by atoms with Crippen LogP contribution in [0.5, 0.6) is 0 Å². The Morgan fingerprint density at radius 3 is 2.50 bits per heavy atom. The Bertz CT molecular complexity index is 591. The zero-order valence-corrected chi connectivity index (χ0v) is 14.5. The number of aromatic nitrogens is 1. The van der Waals surface area contributed by atoms with Crippen molar-refractivity contribution in [2.24, 2.45) is 23.2 Å². The van der Waals surface area contributed by atoms with E-state index in [0.29, 0.717) is 11.3 Å². The first-order valence-corrected chi connectivity index (χ1v) is 9.90. The second-order valence-corrected chi connectivity index (χ2v) is 9.13. The highest BCUT2D eigenvalue weighted by Crippen LogP contribution is 2.61. The smallest absolute Gasteiger partial charge is 0.223 e. The fourth-order valence-corrected chi connectivity index (χ4v) is 6.91. The molecule has 1 aromatic rings. The van der Waals surface area contributed by atoms with Gasteiger partial charge in [-0.3, -0.25) is 9.78 Å². The summed E-state index contributed by atoms with van der Waals surface area (Å²) in [5.74, 6) is 3.20. The van der Waals surface area contributed by atoms with Gasteiger partial charge in [0.1, 0.15) is 0 Å². The van der Waals surface area contributed by atoms with Gasteiger partial charge in [-0.05, 0) is 86.2 Å². The Morgan fingerprint density at radius 1 is 1.17 bits per heavy atom. The molecule has 3 nitrogen and oxygen atoms in total. The van der Waals surface area contributed by atoms with Gasteiger partial charge < -0.3 is 4.90 Å². The Morgan fingerprint density at radius 2 is 1.88 bits per heavy atom. The lowest BCUT2D eigenvalue weighted by Gasteiger charge is -2.57. The number of amides is 1. The van der Waals surface area contributed by atoms with E-state index in [-0.39, 0.29) is 6.04 Å². The lowest BCUT2D eigenvalue weighted by atomic mass is 9.49. The van der Waals surface area contributed by atoms with Crippen molar-refractivity contribution in [3.8, 4) is 0 Å². The molecule has 1 amide bonds. The molecular weight excluding hydrogens is 296 g/mol. The molecule has 4 aliphatic carbocycles. The first-order chi connectivity index (χ1) is 11.7. The number of pyridine rings is 1. The summed E-state index contributed by atoms with van der Waals surface area (Å²) in [6, 6.07) is 4.39. The highest BCUT2D eigenvalue weighted by atomic mass is 16.2. The van der Waals surface area contributed by atoms with Gasteiger partial charge >= 0.3 is 0 Å². The van der Waals surface area contributed by atoms with Gasteiger partial charge in [-0.1, -0.05) is 6.07 Å². The minimum Gasteiger partial charge on any atom is -0.336 e. The van der Waals surface area contributed by atoms with Gasteiger partial charge in [0, 0.05) is 25.4 Å². The lowest BCUT2D eigenvalue weighted by Crippen LogP contribution is -2.48. The van der Waals surface area contributed by atoms with Crippen molar-refractivity contribution >= 4 is 5.91 Å². The third-order valence-corrected chi connectivity index (χ3v) is 7.33. The summed E-state index contributed by atoms with van der Waals surface area (Å²) in [5, 5.41) is 0. The molecule has 4 saturated carbocycles. The summed E-state index contributed by atoms with van der Waals surface area (Å²) in [4.78, 5) is 19.7. The van der Waals surface area contributed by atoms with Gasteiger partial charge in [0.25, 0.3) is 0 Å². The summed E-state index contributed by atoms with van der Waals surface area (Å²) >= 11 is 0. The first kappa shape index (κ1) is 14.9. The molecule has 6 rings (SSSR count). The van der Waals surface area contributed by atoms with Crippen molar-refractivity contribution in [3.05, 3.63) is 30.1 Å². The summed E-state index contributed by atoms with van der Waals surface area (Å²) in [7, 11) is 0. The van der Waals surface area contributed by atoms with E-state index >= 15 is 0 Å². The molecule has 1 unspecified atom stereocenters. The second-order valence-electron chi connectivity index (χ2n) is 9.13. The molecule has 0 aromatic carbocycles. The highest BCUT2D eigenvalue weighted by molar-refractivity contribution is 5.78. The van der Waals surface area contributed by atoms with Crippen molar-refractivity contribution in [1.82, 2.24) is 9.88 Å². The third kappa shape index (κ3) is 2.48. The molecular formula is C21H28N2O. The third-order valence-electron chi connectivity index (χ3n) is 7.33. The molecule has 1 saturated heterocycles. The van der Waals surface area contributed by atoms with Crippen LogP contribution in [0, 0.1) is 23.2 Å². The predicted molar refractivity (Wildman–Crippen MR) is 93.1 cm³/mol. The van der Waals surface area contributed by atoms with Crippen molar-refractivity contribution < 1.29 is 4.79 Å². The fraction of sp³-hybridized carbons (Fsp3) is 0.714. The van der Waals surface area contributed by atoms with Crippen molar-refractivity contribution in [2.45, 2.75) is 63.8 Å². The van der Waals surface area contributed by atoms with E-state index in [4.69, 9.17) is 0 Å². The van der Waals surface area contributed by atoms with E-state index in [2.05, 4.69) is 16.0 Å². The average Bonchev–Trinajstić information content (AvgIpc) is 3.03. The molecule has 24 heavy (non-hydrogen) atoms. The molecule has 0 spiro atoms. The number of hydrogen-bond acceptors (Lipinski definition) is 2. The summed E-state index contributed by atoms with van der Waals surface area (Å²) in [6.45, 7) is 0.935. The minimum absolute atomic E-state index is 0.264. The van der Waals surface area contributed by atoms with E-state index in [1.165, 1.54) is 44.1 Å². The first-order valence-electron chi connectivity index (χ1n) is 9.90. The Labute approximate surface area is 144 Å². The van der Waals surface area contributed by atoms with E-state index in [1.807, 2.05) is 18.5 Å². The van der Waals surface area contributed by atoms with Crippen LogP contribution in [0.1, 0.15) is 69.4 Å². The zero-order valence-electron chi connectivity index (χ0n) is 14.5. The predicted octanol–water partition coefficient (Wildman–Crippen LogP) is 4.35. The molecule has 4 bridgehead atoms. The summed E-state index contributed by atoms with van der Waals surface area (Å²) in [6.07, 6.45) is 15.2. The molecule has 128 valence electrons. The standard InChI is InChI=1S/C21H28N2O/c24-20(23-6-2-4-19(23)18-3-1-5-22-14-18)13-21-10-15-7-16(11-21)9-17(8-15)12-21/h1,3,5,14-17,19H,2,4,6-13H2. The van der Waals surface area contributed by atoms with E-state index in [9.17, 15) is 4.79 Å². The number of hydrogen-bond donors (Lipinski definition) is 0. The number of nitrogens with zero attached hydrogens (tertiary/aromatic N) is 2. The summed E-state index contributed by atoms with van der Waals surface area (Å²) in [5.41, 5.74) is 1.57. The SMILES string of the molecule is O=C(CC12CC3CC(CC(C3)C1)C2)N1CCCC1c1cccnc1. The van der Waals surface area contributed by atoms with Crippen LogP contribution >= 0.6 is 0 Å². The summed E-state index contributed by atoms with van der Waals surface area (Å²) < 4.78 is 0. The number of carbonyl (C=O) groups is 1. The molecule has 1 aliphatic heterocycles. The molecule has 5 fully saturated rings. The Balaban J connectivity index is 1.33. The van der Waals surface area contributed by atoms with Crippen molar-refractivity contribution in [1.29, 1.82) is 0 Å². The van der Waals surface area contributed by atoms with Gasteiger partial charge in [0.2, 0.25) is 5.91 Å². The van der Waals surface area contributed by atoms with Crippen LogP contribution in [-0.2, 0) is 4.79 Å². The number of likely N-dealkylation sites (tertiary alicyclic amines) is 1. The average molecular weight is 324 g/mol. The van der Waals surface area contributed by atoms with Gasteiger partial charge in [-0.2, -0.15) is 0 Å². The molecule has 2 heterocycles. The topological polar surface area (TPSA) is 33.2 Å². The van der Waals surface area contributed by atoms with E-state index in [1.54, 1.807) is 0 Å².